The molecule has 0 bridgehead atoms. The van der Waals surface area contributed by atoms with Crippen LogP contribution in [0.4, 0.5) is 5.69 Å². The molecule has 0 radical (unpaired) electrons. The SMILES string of the molecule is CCc1cc(Oc2cccc(OC(C)C)c2N)ccc1Cl. The third kappa shape index (κ3) is 3.82. The summed E-state index contributed by atoms with van der Waals surface area (Å²) in [6, 6.07) is 11.1. The maximum absolute atomic E-state index is 6.11. The van der Waals surface area contributed by atoms with E-state index in [0.717, 1.165) is 17.0 Å². The summed E-state index contributed by atoms with van der Waals surface area (Å²) in [6.07, 6.45) is 0.909. The second kappa shape index (κ2) is 6.72. The average Bonchev–Trinajstić information content (AvgIpc) is 2.44. The Kier molecular flexibility index (Phi) is 4.97. The van der Waals surface area contributed by atoms with Crippen molar-refractivity contribution in [1.82, 2.24) is 0 Å². The molecule has 0 atom stereocenters. The molecular formula is C17H20ClNO2. The normalized spacial score (nSPS) is 10.7. The van der Waals surface area contributed by atoms with Crippen LogP contribution in [-0.4, -0.2) is 6.10 Å². The highest BCUT2D eigenvalue weighted by Gasteiger charge is 2.10. The zero-order valence-corrected chi connectivity index (χ0v) is 13.3. The number of hydrogen-bond acceptors (Lipinski definition) is 3. The summed E-state index contributed by atoms with van der Waals surface area (Å²) >= 11 is 6.11. The third-order valence-electron chi connectivity index (χ3n) is 3.01. The first-order valence-electron chi connectivity index (χ1n) is 7.02. The molecule has 112 valence electrons. The van der Waals surface area contributed by atoms with Crippen molar-refractivity contribution in [2.24, 2.45) is 0 Å². The molecule has 2 aromatic rings. The fraction of sp³-hybridized carbons (Fsp3) is 0.294. The van der Waals surface area contributed by atoms with Gasteiger partial charge in [0.15, 0.2) is 5.75 Å². The lowest BCUT2D eigenvalue weighted by Crippen LogP contribution is -2.07. The standard InChI is InChI=1S/C17H20ClNO2/c1-4-12-10-13(8-9-14(12)18)21-16-7-5-6-15(17(16)19)20-11(2)3/h5-11H,4,19H2,1-3H3. The van der Waals surface area contributed by atoms with Crippen LogP contribution in [-0.2, 0) is 6.42 Å². The minimum absolute atomic E-state index is 0.0600. The van der Waals surface area contributed by atoms with Gasteiger partial charge in [-0.2, -0.15) is 0 Å². The number of halogens is 1. The molecule has 21 heavy (non-hydrogen) atoms. The lowest BCUT2D eigenvalue weighted by atomic mass is 10.1. The first kappa shape index (κ1) is 15.5. The zero-order valence-electron chi connectivity index (χ0n) is 12.5. The van der Waals surface area contributed by atoms with Crippen LogP contribution >= 0.6 is 11.6 Å². The second-order valence-corrected chi connectivity index (χ2v) is 5.45. The van der Waals surface area contributed by atoms with E-state index in [1.165, 1.54) is 0 Å². The Labute approximate surface area is 130 Å². The molecule has 0 saturated carbocycles. The predicted molar refractivity (Wildman–Crippen MR) is 87.5 cm³/mol. The van der Waals surface area contributed by atoms with Crippen LogP contribution in [0.1, 0.15) is 26.3 Å². The largest absolute Gasteiger partial charge is 0.489 e. The van der Waals surface area contributed by atoms with E-state index in [1.54, 1.807) is 0 Å². The highest BCUT2D eigenvalue weighted by atomic mass is 35.5. The van der Waals surface area contributed by atoms with Gasteiger partial charge in [-0.25, -0.2) is 0 Å². The Hall–Kier alpha value is -1.87. The second-order valence-electron chi connectivity index (χ2n) is 5.04. The lowest BCUT2D eigenvalue weighted by Gasteiger charge is -2.15. The summed E-state index contributed by atoms with van der Waals surface area (Å²) < 4.78 is 11.5. The van der Waals surface area contributed by atoms with Gasteiger partial charge in [0.1, 0.15) is 17.2 Å². The molecule has 2 aromatic carbocycles. The van der Waals surface area contributed by atoms with Gasteiger partial charge in [-0.1, -0.05) is 24.6 Å². The van der Waals surface area contributed by atoms with Crippen LogP contribution in [0.25, 0.3) is 0 Å². The summed E-state index contributed by atoms with van der Waals surface area (Å²) in [5.41, 5.74) is 7.65. The Morgan fingerprint density at radius 3 is 2.52 bits per heavy atom. The molecule has 2 N–H and O–H groups in total. The number of benzene rings is 2. The highest BCUT2D eigenvalue weighted by molar-refractivity contribution is 6.31. The smallest absolute Gasteiger partial charge is 0.154 e. The van der Waals surface area contributed by atoms with Crippen molar-refractivity contribution in [3.8, 4) is 17.2 Å². The van der Waals surface area contributed by atoms with Gasteiger partial charge in [0.05, 0.1) is 6.10 Å². The highest BCUT2D eigenvalue weighted by Crippen LogP contribution is 2.35. The van der Waals surface area contributed by atoms with Crippen LogP contribution in [0.15, 0.2) is 36.4 Å². The monoisotopic (exact) mass is 305 g/mol. The number of nitrogen functional groups attached to an aromatic ring is 1. The number of anilines is 1. The van der Waals surface area contributed by atoms with E-state index in [2.05, 4.69) is 6.92 Å². The van der Waals surface area contributed by atoms with E-state index < -0.39 is 0 Å². The quantitative estimate of drug-likeness (QED) is 0.785. The lowest BCUT2D eigenvalue weighted by molar-refractivity contribution is 0.243. The van der Waals surface area contributed by atoms with Gasteiger partial charge in [-0.3, -0.25) is 0 Å². The van der Waals surface area contributed by atoms with Gasteiger partial charge in [-0.15, -0.1) is 0 Å². The van der Waals surface area contributed by atoms with Gasteiger partial charge in [0, 0.05) is 5.02 Å². The molecule has 3 nitrogen and oxygen atoms in total. The minimum Gasteiger partial charge on any atom is -0.489 e. The maximum atomic E-state index is 6.11. The van der Waals surface area contributed by atoms with Gasteiger partial charge >= 0.3 is 0 Å². The van der Waals surface area contributed by atoms with Crippen LogP contribution in [0, 0.1) is 0 Å². The van der Waals surface area contributed by atoms with E-state index in [4.69, 9.17) is 26.8 Å². The first-order chi connectivity index (χ1) is 10.0. The van der Waals surface area contributed by atoms with Crippen LogP contribution in [0.2, 0.25) is 5.02 Å². The number of ether oxygens (including phenoxy) is 2. The molecule has 4 heteroatoms. The Morgan fingerprint density at radius 1 is 1.14 bits per heavy atom. The topological polar surface area (TPSA) is 44.5 Å². The Balaban J connectivity index is 2.27. The third-order valence-corrected chi connectivity index (χ3v) is 3.38. The minimum atomic E-state index is 0.0600. The van der Waals surface area contributed by atoms with E-state index in [9.17, 15) is 0 Å². The first-order valence-corrected chi connectivity index (χ1v) is 7.40. The molecule has 0 spiro atoms. The van der Waals surface area contributed by atoms with Crippen molar-refractivity contribution in [3.05, 3.63) is 47.0 Å². The molecular weight excluding hydrogens is 286 g/mol. The van der Waals surface area contributed by atoms with Crippen molar-refractivity contribution >= 4 is 17.3 Å². The molecule has 0 unspecified atom stereocenters. The van der Waals surface area contributed by atoms with Crippen LogP contribution < -0.4 is 15.2 Å². The average molecular weight is 306 g/mol. The van der Waals surface area contributed by atoms with Crippen LogP contribution in [0.5, 0.6) is 17.2 Å². The summed E-state index contributed by atoms with van der Waals surface area (Å²) in [5.74, 6) is 1.93. The molecule has 0 aliphatic carbocycles. The number of aryl methyl sites for hydroxylation is 1. The number of hydrogen-bond donors (Lipinski definition) is 1. The molecule has 0 aliphatic heterocycles. The Bertz CT molecular complexity index is 626. The summed E-state index contributed by atoms with van der Waals surface area (Å²) in [7, 11) is 0. The van der Waals surface area contributed by atoms with Gasteiger partial charge in [-0.05, 0) is 56.2 Å². The molecule has 0 saturated heterocycles. The molecule has 0 amide bonds. The van der Waals surface area contributed by atoms with Gasteiger partial charge in [0.2, 0.25) is 0 Å². The fourth-order valence-corrected chi connectivity index (χ4v) is 2.23. The summed E-state index contributed by atoms with van der Waals surface area (Å²) in [5, 5.41) is 0.745. The summed E-state index contributed by atoms with van der Waals surface area (Å²) in [6.45, 7) is 5.97. The molecule has 0 heterocycles. The summed E-state index contributed by atoms with van der Waals surface area (Å²) in [4.78, 5) is 0. The predicted octanol–water partition coefficient (Wildman–Crippen LogP) is 5.06. The van der Waals surface area contributed by atoms with E-state index in [1.807, 2.05) is 50.2 Å². The van der Waals surface area contributed by atoms with E-state index >= 15 is 0 Å². The number of rotatable bonds is 5. The van der Waals surface area contributed by atoms with Crippen LogP contribution in [0.3, 0.4) is 0 Å². The Morgan fingerprint density at radius 2 is 1.86 bits per heavy atom. The zero-order chi connectivity index (χ0) is 15.4. The van der Waals surface area contributed by atoms with E-state index in [-0.39, 0.29) is 6.10 Å². The van der Waals surface area contributed by atoms with Crippen molar-refractivity contribution in [2.45, 2.75) is 33.3 Å². The van der Waals surface area contributed by atoms with Crippen molar-refractivity contribution in [3.63, 3.8) is 0 Å². The van der Waals surface area contributed by atoms with Crippen molar-refractivity contribution in [2.75, 3.05) is 5.73 Å². The molecule has 0 aliphatic rings. The van der Waals surface area contributed by atoms with Crippen molar-refractivity contribution < 1.29 is 9.47 Å². The number of para-hydroxylation sites is 1. The van der Waals surface area contributed by atoms with Crippen molar-refractivity contribution in [1.29, 1.82) is 0 Å². The van der Waals surface area contributed by atoms with E-state index in [0.29, 0.717) is 22.9 Å². The van der Waals surface area contributed by atoms with Gasteiger partial charge in [0.25, 0.3) is 0 Å². The molecule has 0 fully saturated rings. The molecule has 2 rings (SSSR count). The maximum Gasteiger partial charge on any atom is 0.154 e. The molecule has 0 aromatic heterocycles. The number of nitrogens with two attached hydrogens (primary N) is 1. The van der Waals surface area contributed by atoms with Gasteiger partial charge < -0.3 is 15.2 Å². The fourth-order valence-electron chi connectivity index (χ4n) is 1.98.